The van der Waals surface area contributed by atoms with Gasteiger partial charge in [0.15, 0.2) is 5.82 Å². The van der Waals surface area contributed by atoms with E-state index in [-0.39, 0.29) is 0 Å². The largest absolute Gasteiger partial charge is 0.382 e. The fourth-order valence-corrected chi connectivity index (χ4v) is 2.78. The molecule has 21 heavy (non-hydrogen) atoms. The van der Waals surface area contributed by atoms with Gasteiger partial charge in [0.1, 0.15) is 0 Å². The second kappa shape index (κ2) is 5.54. The number of aromatic amines is 1. The third-order valence-corrected chi connectivity index (χ3v) is 4.40. The molecule has 3 nitrogen and oxygen atoms in total. The number of rotatable bonds is 2. The fraction of sp³-hybridized carbons (Fsp3) is 0.0625. The number of hydrogen-bond donors (Lipinski definition) is 2. The predicted molar refractivity (Wildman–Crippen MR) is 91.3 cm³/mol. The second-order valence-electron chi connectivity index (χ2n) is 4.78. The van der Waals surface area contributed by atoms with Crippen LogP contribution in [0.3, 0.4) is 0 Å². The Morgan fingerprint density at radius 2 is 1.86 bits per heavy atom. The Kier molecular flexibility index (Phi) is 3.74. The number of nitrogens with two attached hydrogens (primary N) is 1. The van der Waals surface area contributed by atoms with Crippen LogP contribution in [0.25, 0.3) is 22.4 Å². The highest BCUT2D eigenvalue weighted by Crippen LogP contribution is 2.37. The van der Waals surface area contributed by atoms with E-state index in [1.165, 1.54) is 0 Å². The van der Waals surface area contributed by atoms with Crippen LogP contribution in [0.2, 0.25) is 5.02 Å². The van der Waals surface area contributed by atoms with Crippen molar-refractivity contribution < 1.29 is 0 Å². The summed E-state index contributed by atoms with van der Waals surface area (Å²) >= 11 is 9.66. The van der Waals surface area contributed by atoms with Gasteiger partial charge >= 0.3 is 0 Å². The lowest BCUT2D eigenvalue weighted by Crippen LogP contribution is -1.90. The predicted octanol–water partition coefficient (Wildman–Crippen LogP) is 5.05. The Balaban J connectivity index is 2.22. The average molecular weight is 363 g/mol. The van der Waals surface area contributed by atoms with Crippen molar-refractivity contribution in [1.29, 1.82) is 0 Å². The summed E-state index contributed by atoms with van der Waals surface area (Å²) in [5.74, 6) is 0.478. The van der Waals surface area contributed by atoms with E-state index in [9.17, 15) is 0 Å². The van der Waals surface area contributed by atoms with Gasteiger partial charge in [-0.2, -0.15) is 5.10 Å². The third-order valence-electron chi connectivity index (χ3n) is 3.46. The molecule has 5 heteroatoms. The zero-order chi connectivity index (χ0) is 15.0. The highest BCUT2D eigenvalue weighted by molar-refractivity contribution is 9.10. The van der Waals surface area contributed by atoms with E-state index in [1.807, 2.05) is 49.4 Å². The molecule has 106 valence electrons. The number of anilines is 1. The SMILES string of the molecule is Cc1c(Cl)cccc1-c1[nH]nc(N)c1-c1ccc(Br)cc1. The van der Waals surface area contributed by atoms with Crippen molar-refractivity contribution in [2.45, 2.75) is 6.92 Å². The minimum atomic E-state index is 0.478. The molecule has 0 aliphatic heterocycles. The molecule has 3 rings (SSSR count). The summed E-state index contributed by atoms with van der Waals surface area (Å²) in [5, 5.41) is 7.91. The summed E-state index contributed by atoms with van der Waals surface area (Å²) in [4.78, 5) is 0. The maximum atomic E-state index is 6.22. The molecule has 0 bridgehead atoms. The van der Waals surface area contributed by atoms with E-state index in [4.69, 9.17) is 17.3 Å². The van der Waals surface area contributed by atoms with Gasteiger partial charge in [-0.1, -0.05) is 51.8 Å². The quantitative estimate of drug-likeness (QED) is 0.670. The van der Waals surface area contributed by atoms with E-state index in [0.717, 1.165) is 37.4 Å². The van der Waals surface area contributed by atoms with Gasteiger partial charge in [-0.15, -0.1) is 0 Å². The van der Waals surface area contributed by atoms with Crippen molar-refractivity contribution >= 4 is 33.3 Å². The standard InChI is InChI=1S/C16H13BrClN3/c1-9-12(3-2-4-13(9)18)15-14(16(19)21-20-15)10-5-7-11(17)8-6-10/h2-8H,1H3,(H3,19,20,21). The van der Waals surface area contributed by atoms with E-state index in [0.29, 0.717) is 5.82 Å². The number of hydrogen-bond acceptors (Lipinski definition) is 2. The Morgan fingerprint density at radius 1 is 1.14 bits per heavy atom. The van der Waals surface area contributed by atoms with Gasteiger partial charge in [0, 0.05) is 15.1 Å². The highest BCUT2D eigenvalue weighted by Gasteiger charge is 2.16. The van der Waals surface area contributed by atoms with Crippen LogP contribution in [-0.4, -0.2) is 10.2 Å². The summed E-state index contributed by atoms with van der Waals surface area (Å²) in [6, 6.07) is 13.8. The molecule has 3 N–H and O–H groups in total. The Hall–Kier alpha value is -1.78. The van der Waals surface area contributed by atoms with Gasteiger partial charge in [0.05, 0.1) is 11.3 Å². The normalized spacial score (nSPS) is 10.8. The van der Waals surface area contributed by atoms with Gasteiger partial charge in [-0.05, 0) is 36.2 Å². The fourth-order valence-electron chi connectivity index (χ4n) is 2.34. The first-order chi connectivity index (χ1) is 10.1. The molecule has 0 spiro atoms. The molecule has 3 aromatic rings. The molecular weight excluding hydrogens is 350 g/mol. The van der Waals surface area contributed by atoms with E-state index < -0.39 is 0 Å². The molecule has 1 aromatic heterocycles. The molecule has 0 radical (unpaired) electrons. The Morgan fingerprint density at radius 3 is 2.57 bits per heavy atom. The van der Waals surface area contributed by atoms with Crippen LogP contribution in [0.4, 0.5) is 5.82 Å². The Bertz CT molecular complexity index is 794. The van der Waals surface area contributed by atoms with Crippen LogP contribution in [0.15, 0.2) is 46.9 Å². The number of halogens is 2. The topological polar surface area (TPSA) is 54.7 Å². The molecule has 1 heterocycles. The van der Waals surface area contributed by atoms with E-state index >= 15 is 0 Å². The summed E-state index contributed by atoms with van der Waals surface area (Å²) in [7, 11) is 0. The van der Waals surface area contributed by atoms with Crippen LogP contribution < -0.4 is 5.73 Å². The first kappa shape index (κ1) is 14.2. The summed E-state index contributed by atoms with van der Waals surface area (Å²) in [6.45, 7) is 1.99. The van der Waals surface area contributed by atoms with E-state index in [1.54, 1.807) is 0 Å². The molecule has 0 unspecified atom stereocenters. The molecule has 0 saturated heterocycles. The van der Waals surface area contributed by atoms with Gasteiger partial charge in [-0.3, -0.25) is 5.10 Å². The first-order valence-electron chi connectivity index (χ1n) is 6.43. The highest BCUT2D eigenvalue weighted by atomic mass is 79.9. The molecule has 0 aliphatic rings. The van der Waals surface area contributed by atoms with E-state index in [2.05, 4.69) is 26.1 Å². The lowest BCUT2D eigenvalue weighted by molar-refractivity contribution is 1.10. The molecule has 0 saturated carbocycles. The Labute approximate surface area is 136 Å². The smallest absolute Gasteiger partial charge is 0.153 e. The third kappa shape index (κ3) is 2.57. The average Bonchev–Trinajstić information content (AvgIpc) is 2.85. The zero-order valence-electron chi connectivity index (χ0n) is 11.3. The van der Waals surface area contributed by atoms with Crippen LogP contribution >= 0.6 is 27.5 Å². The number of nitrogen functional groups attached to an aromatic ring is 1. The molecule has 0 fully saturated rings. The van der Waals surface area contributed by atoms with Gasteiger partial charge in [0.25, 0.3) is 0 Å². The minimum absolute atomic E-state index is 0.478. The van der Waals surface area contributed by atoms with Crippen molar-refractivity contribution in [3.05, 3.63) is 57.5 Å². The molecular formula is C16H13BrClN3. The van der Waals surface area contributed by atoms with Crippen LogP contribution in [0, 0.1) is 6.92 Å². The molecule has 0 atom stereocenters. The molecule has 0 amide bonds. The number of nitrogens with one attached hydrogen (secondary N) is 1. The maximum Gasteiger partial charge on any atom is 0.153 e. The van der Waals surface area contributed by atoms with Crippen molar-refractivity contribution in [1.82, 2.24) is 10.2 Å². The second-order valence-corrected chi connectivity index (χ2v) is 6.10. The monoisotopic (exact) mass is 361 g/mol. The van der Waals surface area contributed by atoms with Crippen molar-refractivity contribution in [3.8, 4) is 22.4 Å². The van der Waals surface area contributed by atoms with Crippen molar-refractivity contribution in [2.75, 3.05) is 5.73 Å². The zero-order valence-corrected chi connectivity index (χ0v) is 13.7. The van der Waals surface area contributed by atoms with Gasteiger partial charge in [-0.25, -0.2) is 0 Å². The number of aromatic nitrogens is 2. The summed E-state index contributed by atoms with van der Waals surface area (Å²) in [6.07, 6.45) is 0. The first-order valence-corrected chi connectivity index (χ1v) is 7.60. The number of benzene rings is 2. The van der Waals surface area contributed by atoms with Gasteiger partial charge < -0.3 is 5.73 Å². The van der Waals surface area contributed by atoms with Gasteiger partial charge in [0.2, 0.25) is 0 Å². The van der Waals surface area contributed by atoms with Crippen LogP contribution in [0.1, 0.15) is 5.56 Å². The lowest BCUT2D eigenvalue weighted by Gasteiger charge is -2.09. The number of H-pyrrole nitrogens is 1. The van der Waals surface area contributed by atoms with Crippen LogP contribution in [-0.2, 0) is 0 Å². The lowest BCUT2D eigenvalue weighted by atomic mass is 9.98. The summed E-state index contributed by atoms with van der Waals surface area (Å²) in [5.41, 5.74) is 10.8. The van der Waals surface area contributed by atoms with Crippen LogP contribution in [0.5, 0.6) is 0 Å². The minimum Gasteiger partial charge on any atom is -0.382 e. The summed E-state index contributed by atoms with van der Waals surface area (Å²) < 4.78 is 1.02. The number of nitrogens with zero attached hydrogens (tertiary/aromatic N) is 1. The molecule has 2 aromatic carbocycles. The molecule has 0 aliphatic carbocycles. The maximum absolute atomic E-state index is 6.22. The van der Waals surface area contributed by atoms with Crippen molar-refractivity contribution in [3.63, 3.8) is 0 Å². The van der Waals surface area contributed by atoms with Crippen molar-refractivity contribution in [2.24, 2.45) is 0 Å².